The molecule has 0 radical (unpaired) electrons. The van der Waals surface area contributed by atoms with Crippen molar-refractivity contribution < 1.29 is 0 Å². The van der Waals surface area contributed by atoms with Crippen molar-refractivity contribution >= 4 is 45.8 Å². The van der Waals surface area contributed by atoms with E-state index in [9.17, 15) is 0 Å². The van der Waals surface area contributed by atoms with E-state index in [-0.39, 0.29) is 0 Å². The molecule has 0 aromatic heterocycles. The summed E-state index contributed by atoms with van der Waals surface area (Å²) in [5.41, 5.74) is 1.29. The van der Waals surface area contributed by atoms with Crippen LogP contribution < -0.4 is 5.32 Å². The summed E-state index contributed by atoms with van der Waals surface area (Å²) in [4.78, 5) is 4.74. The van der Waals surface area contributed by atoms with Crippen LogP contribution in [0.4, 0.5) is 5.69 Å². The molecule has 1 saturated carbocycles. The van der Waals surface area contributed by atoms with Gasteiger partial charge in [0.25, 0.3) is 0 Å². The minimum absolute atomic E-state index is 0.451. The van der Waals surface area contributed by atoms with E-state index in [1.807, 2.05) is 23.9 Å². The number of halogens is 2. The third-order valence-corrected chi connectivity index (χ3v) is 6.26. The maximum atomic E-state index is 6.20. The number of amidine groups is 1. The molecule has 1 aliphatic heterocycles. The summed E-state index contributed by atoms with van der Waals surface area (Å²) in [6, 6.07) is 5.62. The summed E-state index contributed by atoms with van der Waals surface area (Å²) in [6.07, 6.45) is 6.76. The van der Waals surface area contributed by atoms with Gasteiger partial charge in [0.15, 0.2) is 5.17 Å². The molecule has 1 aromatic carbocycles. The molecule has 0 atom stereocenters. The molecule has 108 valence electrons. The van der Waals surface area contributed by atoms with Gasteiger partial charge >= 0.3 is 0 Å². The number of hydrogen-bond donors (Lipinski definition) is 1. The molecule has 2 aliphatic rings. The quantitative estimate of drug-likeness (QED) is 0.740. The number of rotatable bonds is 1. The smallest absolute Gasteiger partial charge is 0.161 e. The Morgan fingerprint density at radius 3 is 2.65 bits per heavy atom. The molecule has 1 spiro atoms. The number of nitrogens with one attached hydrogen (secondary N) is 1. The van der Waals surface area contributed by atoms with Crippen LogP contribution in [0.1, 0.15) is 32.1 Å². The molecule has 0 bridgehead atoms. The van der Waals surface area contributed by atoms with Gasteiger partial charge in [-0.1, -0.05) is 60.3 Å². The summed E-state index contributed by atoms with van der Waals surface area (Å²) >= 11 is 14.0. The van der Waals surface area contributed by atoms with E-state index in [1.165, 1.54) is 32.1 Å². The molecule has 2 nitrogen and oxygen atoms in total. The number of hydrogen-bond acceptors (Lipinski definition) is 3. The summed E-state index contributed by atoms with van der Waals surface area (Å²) in [7, 11) is 0. The first-order valence-electron chi connectivity index (χ1n) is 7.07. The van der Waals surface area contributed by atoms with Crippen LogP contribution in [0.2, 0.25) is 10.0 Å². The van der Waals surface area contributed by atoms with E-state index in [1.54, 1.807) is 6.07 Å². The molecule has 1 heterocycles. The number of aliphatic imine (C=N–C) groups is 1. The number of thioether (sulfide) groups is 1. The normalized spacial score (nSPS) is 21.6. The second-order valence-electron chi connectivity index (χ2n) is 5.70. The average molecular weight is 329 g/mol. The van der Waals surface area contributed by atoms with Crippen LogP contribution in [0.15, 0.2) is 23.2 Å². The highest BCUT2D eigenvalue weighted by Gasteiger charge is 2.34. The Kier molecular flexibility index (Phi) is 4.49. The standard InChI is InChI=1S/C15H18Cl2N2S/c16-11-5-4-6-12(13(11)17)19-14-18-9-15(10-20-14)7-2-1-3-8-15/h4-6H,1-3,7-10H2,(H,18,19). The van der Waals surface area contributed by atoms with E-state index in [0.29, 0.717) is 15.5 Å². The van der Waals surface area contributed by atoms with Crippen molar-refractivity contribution in [1.29, 1.82) is 0 Å². The summed E-state index contributed by atoms with van der Waals surface area (Å²) in [5, 5.41) is 5.41. The van der Waals surface area contributed by atoms with Crippen LogP contribution >= 0.6 is 35.0 Å². The molecule has 0 unspecified atom stereocenters. The first-order chi connectivity index (χ1) is 9.69. The predicted molar refractivity (Wildman–Crippen MR) is 90.4 cm³/mol. The Bertz CT molecular complexity index is 525. The van der Waals surface area contributed by atoms with Gasteiger partial charge in [0.2, 0.25) is 0 Å². The molecule has 1 aromatic rings. The van der Waals surface area contributed by atoms with Crippen LogP contribution in [0, 0.1) is 5.41 Å². The van der Waals surface area contributed by atoms with Gasteiger partial charge in [-0.15, -0.1) is 0 Å². The van der Waals surface area contributed by atoms with Gasteiger partial charge in [0.05, 0.1) is 15.7 Å². The maximum Gasteiger partial charge on any atom is 0.161 e. The zero-order valence-electron chi connectivity index (χ0n) is 11.3. The van der Waals surface area contributed by atoms with Crippen LogP contribution in [0.5, 0.6) is 0 Å². The molecule has 1 N–H and O–H groups in total. The van der Waals surface area contributed by atoms with E-state index in [0.717, 1.165) is 23.2 Å². The second-order valence-corrected chi connectivity index (χ2v) is 7.45. The Labute approximate surface area is 134 Å². The van der Waals surface area contributed by atoms with E-state index in [4.69, 9.17) is 28.2 Å². The van der Waals surface area contributed by atoms with E-state index >= 15 is 0 Å². The van der Waals surface area contributed by atoms with Gasteiger partial charge in [0.1, 0.15) is 0 Å². The molecule has 20 heavy (non-hydrogen) atoms. The van der Waals surface area contributed by atoms with Crippen molar-refractivity contribution in [2.45, 2.75) is 32.1 Å². The molecular weight excluding hydrogens is 311 g/mol. The Morgan fingerprint density at radius 2 is 1.95 bits per heavy atom. The Hall–Kier alpha value is -0.380. The fraction of sp³-hybridized carbons (Fsp3) is 0.533. The first-order valence-corrected chi connectivity index (χ1v) is 8.81. The van der Waals surface area contributed by atoms with Crippen LogP contribution in [-0.4, -0.2) is 17.5 Å². The van der Waals surface area contributed by atoms with Gasteiger partial charge in [0, 0.05) is 12.3 Å². The van der Waals surface area contributed by atoms with Gasteiger partial charge in [-0.05, 0) is 30.4 Å². The maximum absolute atomic E-state index is 6.20. The van der Waals surface area contributed by atoms with Crippen LogP contribution in [-0.2, 0) is 0 Å². The summed E-state index contributed by atoms with van der Waals surface area (Å²) in [5.74, 6) is 1.16. The summed E-state index contributed by atoms with van der Waals surface area (Å²) < 4.78 is 0. The predicted octanol–water partition coefficient (Wildman–Crippen LogP) is 5.46. The molecule has 3 rings (SSSR count). The molecule has 0 saturated heterocycles. The molecular formula is C15H18Cl2N2S. The Balaban J connectivity index is 1.69. The lowest BCUT2D eigenvalue weighted by Crippen LogP contribution is -2.35. The topological polar surface area (TPSA) is 24.4 Å². The van der Waals surface area contributed by atoms with Gasteiger partial charge < -0.3 is 5.32 Å². The van der Waals surface area contributed by atoms with Crippen molar-refractivity contribution in [1.82, 2.24) is 0 Å². The van der Waals surface area contributed by atoms with Crippen LogP contribution in [0.3, 0.4) is 0 Å². The third-order valence-electron chi connectivity index (χ3n) is 4.18. The highest BCUT2D eigenvalue weighted by atomic mass is 35.5. The number of nitrogens with zero attached hydrogens (tertiary/aromatic N) is 1. The molecule has 1 fully saturated rings. The number of anilines is 1. The van der Waals surface area contributed by atoms with Crippen molar-refractivity contribution in [3.63, 3.8) is 0 Å². The minimum atomic E-state index is 0.451. The van der Waals surface area contributed by atoms with Crippen LogP contribution in [0.25, 0.3) is 0 Å². The fourth-order valence-electron chi connectivity index (χ4n) is 2.95. The molecule has 5 heteroatoms. The zero-order chi connectivity index (χ0) is 14.0. The largest absolute Gasteiger partial charge is 0.334 e. The SMILES string of the molecule is Clc1cccc(NC2=NCC3(CCCCC3)CS2)c1Cl. The van der Waals surface area contributed by atoms with Crippen molar-refractivity contribution in [2.24, 2.45) is 10.4 Å². The van der Waals surface area contributed by atoms with E-state index < -0.39 is 0 Å². The van der Waals surface area contributed by atoms with Crippen molar-refractivity contribution in [2.75, 3.05) is 17.6 Å². The van der Waals surface area contributed by atoms with Gasteiger partial charge in [-0.3, -0.25) is 4.99 Å². The monoisotopic (exact) mass is 328 g/mol. The number of benzene rings is 1. The lowest BCUT2D eigenvalue weighted by molar-refractivity contribution is 0.232. The average Bonchev–Trinajstić information content (AvgIpc) is 2.47. The van der Waals surface area contributed by atoms with Gasteiger partial charge in [-0.25, -0.2) is 0 Å². The molecule has 0 amide bonds. The van der Waals surface area contributed by atoms with Gasteiger partial charge in [-0.2, -0.15) is 0 Å². The Morgan fingerprint density at radius 1 is 1.15 bits per heavy atom. The zero-order valence-corrected chi connectivity index (χ0v) is 13.6. The lowest BCUT2D eigenvalue weighted by atomic mass is 9.75. The fourth-order valence-corrected chi connectivity index (χ4v) is 4.46. The minimum Gasteiger partial charge on any atom is -0.334 e. The lowest BCUT2D eigenvalue weighted by Gasteiger charge is -2.38. The highest BCUT2D eigenvalue weighted by Crippen LogP contribution is 2.42. The van der Waals surface area contributed by atoms with Crippen molar-refractivity contribution in [3.8, 4) is 0 Å². The molecule has 1 aliphatic carbocycles. The third kappa shape index (κ3) is 3.10. The highest BCUT2D eigenvalue weighted by molar-refractivity contribution is 8.14. The second kappa shape index (κ2) is 6.17. The van der Waals surface area contributed by atoms with E-state index in [2.05, 4.69) is 5.32 Å². The summed E-state index contributed by atoms with van der Waals surface area (Å²) in [6.45, 7) is 0.945. The van der Waals surface area contributed by atoms with Crippen molar-refractivity contribution in [3.05, 3.63) is 28.2 Å². The first kappa shape index (κ1) is 14.6.